The van der Waals surface area contributed by atoms with E-state index in [1.54, 1.807) is 37.3 Å². The number of anilines is 2. The summed E-state index contributed by atoms with van der Waals surface area (Å²) in [7, 11) is -1.31. The van der Waals surface area contributed by atoms with E-state index in [9.17, 15) is 13.2 Å². The first-order valence-corrected chi connectivity index (χ1v) is 11.4. The minimum Gasteiger partial charge on any atom is -0.490 e. The molecule has 0 aromatic heterocycles. The first-order valence-electron chi connectivity index (χ1n) is 9.55. The first kappa shape index (κ1) is 21.1. The molecule has 156 valence electrons. The topological polar surface area (TPSA) is 87.7 Å². The fourth-order valence-corrected chi connectivity index (χ4v) is 3.92. The Kier molecular flexibility index (Phi) is 6.44. The summed E-state index contributed by atoms with van der Waals surface area (Å²) < 4.78 is 31.4. The summed E-state index contributed by atoms with van der Waals surface area (Å²) in [6, 6.07) is 12.2. The molecular formula is C21H27N3O4S. The van der Waals surface area contributed by atoms with E-state index < -0.39 is 10.0 Å². The van der Waals surface area contributed by atoms with Crippen molar-refractivity contribution in [3.05, 3.63) is 53.6 Å². The second-order valence-corrected chi connectivity index (χ2v) is 9.20. The van der Waals surface area contributed by atoms with Crippen molar-refractivity contribution in [2.45, 2.75) is 25.9 Å². The van der Waals surface area contributed by atoms with Crippen molar-refractivity contribution in [2.75, 3.05) is 36.4 Å². The molecule has 1 aliphatic heterocycles. The highest BCUT2D eigenvalue weighted by Crippen LogP contribution is 2.23. The molecule has 1 aliphatic rings. The Morgan fingerprint density at radius 3 is 2.38 bits per heavy atom. The predicted molar refractivity (Wildman–Crippen MR) is 115 cm³/mol. The molecule has 0 aliphatic carbocycles. The molecule has 29 heavy (non-hydrogen) atoms. The molecule has 0 radical (unpaired) electrons. The number of rotatable bonds is 6. The van der Waals surface area contributed by atoms with Crippen LogP contribution in [0.5, 0.6) is 5.75 Å². The van der Waals surface area contributed by atoms with E-state index >= 15 is 0 Å². The van der Waals surface area contributed by atoms with Gasteiger partial charge < -0.3 is 15.0 Å². The molecule has 2 N–H and O–H groups in total. The van der Waals surface area contributed by atoms with Crippen LogP contribution in [-0.4, -0.2) is 51.7 Å². The van der Waals surface area contributed by atoms with Crippen molar-refractivity contribution in [1.82, 2.24) is 4.90 Å². The lowest BCUT2D eigenvalue weighted by Gasteiger charge is -2.29. The Morgan fingerprint density at radius 1 is 1.10 bits per heavy atom. The minimum absolute atomic E-state index is 0.222. The summed E-state index contributed by atoms with van der Waals surface area (Å²) in [6.45, 7) is 3.78. The van der Waals surface area contributed by atoms with Crippen LogP contribution in [0, 0.1) is 6.92 Å². The number of hydrogen-bond donors (Lipinski definition) is 2. The summed E-state index contributed by atoms with van der Waals surface area (Å²) in [5.74, 6) is 0.483. The third-order valence-corrected chi connectivity index (χ3v) is 5.55. The largest absolute Gasteiger partial charge is 0.490 e. The third-order valence-electron chi connectivity index (χ3n) is 4.95. The smallest absolute Gasteiger partial charge is 0.256 e. The average molecular weight is 418 g/mol. The Bertz CT molecular complexity index is 966. The van der Waals surface area contributed by atoms with Gasteiger partial charge in [0.15, 0.2) is 0 Å². The fraction of sp³-hybridized carbons (Fsp3) is 0.381. The van der Waals surface area contributed by atoms with Gasteiger partial charge in [0.25, 0.3) is 5.91 Å². The number of carbonyl (C=O) groups is 1. The zero-order chi connectivity index (χ0) is 21.0. The van der Waals surface area contributed by atoms with Crippen LogP contribution in [0.2, 0.25) is 0 Å². The highest BCUT2D eigenvalue weighted by Gasteiger charge is 2.18. The van der Waals surface area contributed by atoms with Gasteiger partial charge in [-0.2, -0.15) is 0 Å². The van der Waals surface area contributed by atoms with Crippen molar-refractivity contribution in [2.24, 2.45) is 0 Å². The van der Waals surface area contributed by atoms with Gasteiger partial charge in [-0.1, -0.05) is 6.07 Å². The van der Waals surface area contributed by atoms with E-state index in [-0.39, 0.29) is 12.0 Å². The summed E-state index contributed by atoms with van der Waals surface area (Å²) >= 11 is 0. The van der Waals surface area contributed by atoms with E-state index in [1.165, 1.54) is 0 Å². The lowest BCUT2D eigenvalue weighted by Crippen LogP contribution is -2.35. The van der Waals surface area contributed by atoms with Gasteiger partial charge >= 0.3 is 0 Å². The Labute approximate surface area is 172 Å². The summed E-state index contributed by atoms with van der Waals surface area (Å²) in [4.78, 5) is 15.0. The molecule has 0 spiro atoms. The van der Waals surface area contributed by atoms with Crippen molar-refractivity contribution in [1.29, 1.82) is 0 Å². The summed E-state index contributed by atoms with van der Waals surface area (Å²) in [5.41, 5.74) is 2.01. The van der Waals surface area contributed by atoms with E-state index in [0.29, 0.717) is 22.5 Å². The van der Waals surface area contributed by atoms with Gasteiger partial charge in [-0.3, -0.25) is 9.52 Å². The number of amides is 1. The Morgan fingerprint density at radius 2 is 1.76 bits per heavy atom. The lowest BCUT2D eigenvalue weighted by atomic mass is 10.1. The van der Waals surface area contributed by atoms with Gasteiger partial charge in [0.05, 0.1) is 11.9 Å². The van der Waals surface area contributed by atoms with Gasteiger partial charge in [0.1, 0.15) is 11.9 Å². The number of sulfonamides is 1. The maximum Gasteiger partial charge on any atom is 0.256 e. The normalized spacial score (nSPS) is 15.7. The predicted octanol–water partition coefficient (Wildman–Crippen LogP) is 3.09. The van der Waals surface area contributed by atoms with Gasteiger partial charge in [-0.15, -0.1) is 0 Å². The monoisotopic (exact) mass is 417 g/mol. The lowest BCUT2D eigenvalue weighted by molar-refractivity contribution is 0.102. The van der Waals surface area contributed by atoms with Gasteiger partial charge in [-0.25, -0.2) is 8.42 Å². The molecule has 0 atom stereocenters. The molecule has 2 aromatic rings. The molecule has 1 amide bonds. The SMILES string of the molecule is Cc1c(NS(C)(=O)=O)cccc1C(=O)Nc1ccc(OC2CCN(C)CC2)cc1. The van der Waals surface area contributed by atoms with Crippen LogP contribution in [0.15, 0.2) is 42.5 Å². The van der Waals surface area contributed by atoms with Crippen LogP contribution in [0.25, 0.3) is 0 Å². The van der Waals surface area contributed by atoms with Crippen LogP contribution < -0.4 is 14.8 Å². The second kappa shape index (κ2) is 8.84. The number of ether oxygens (including phenoxy) is 1. The standard InChI is InChI=1S/C21H27N3O4S/c1-15-19(5-4-6-20(15)23-29(3,26)27)21(25)22-16-7-9-17(10-8-16)28-18-11-13-24(2)14-12-18/h4-10,18,23H,11-14H2,1-3H3,(H,22,25). The van der Waals surface area contributed by atoms with E-state index in [4.69, 9.17) is 4.74 Å². The maximum atomic E-state index is 12.7. The van der Waals surface area contributed by atoms with Gasteiger partial charge in [-0.05, 0) is 68.8 Å². The summed E-state index contributed by atoms with van der Waals surface area (Å²) in [6.07, 6.45) is 3.31. The third kappa shape index (κ3) is 5.95. The molecule has 8 heteroatoms. The molecule has 1 fully saturated rings. The van der Waals surface area contributed by atoms with Gasteiger partial charge in [0, 0.05) is 24.3 Å². The number of piperidine rings is 1. The second-order valence-electron chi connectivity index (χ2n) is 7.45. The van der Waals surface area contributed by atoms with Crippen molar-refractivity contribution in [3.63, 3.8) is 0 Å². The quantitative estimate of drug-likeness (QED) is 0.754. The molecular weight excluding hydrogens is 390 g/mol. The highest BCUT2D eigenvalue weighted by atomic mass is 32.2. The van der Waals surface area contributed by atoms with E-state index in [2.05, 4.69) is 22.0 Å². The van der Waals surface area contributed by atoms with Crippen molar-refractivity contribution >= 4 is 27.3 Å². The minimum atomic E-state index is -3.42. The van der Waals surface area contributed by atoms with Crippen LogP contribution in [0.4, 0.5) is 11.4 Å². The van der Waals surface area contributed by atoms with Crippen LogP contribution in [0.3, 0.4) is 0 Å². The van der Waals surface area contributed by atoms with Crippen LogP contribution in [0.1, 0.15) is 28.8 Å². The number of benzene rings is 2. The van der Waals surface area contributed by atoms with E-state index in [0.717, 1.165) is 37.9 Å². The molecule has 1 saturated heterocycles. The maximum absolute atomic E-state index is 12.7. The molecule has 3 rings (SSSR count). The van der Waals surface area contributed by atoms with Crippen molar-refractivity contribution in [3.8, 4) is 5.75 Å². The number of nitrogens with zero attached hydrogens (tertiary/aromatic N) is 1. The van der Waals surface area contributed by atoms with Gasteiger partial charge in [0.2, 0.25) is 10.0 Å². The Balaban J connectivity index is 1.64. The van der Waals surface area contributed by atoms with E-state index in [1.807, 2.05) is 12.1 Å². The number of nitrogens with one attached hydrogen (secondary N) is 2. The van der Waals surface area contributed by atoms with Crippen LogP contribution >= 0.6 is 0 Å². The number of hydrogen-bond acceptors (Lipinski definition) is 5. The molecule has 0 bridgehead atoms. The zero-order valence-corrected chi connectivity index (χ0v) is 17.8. The molecule has 7 nitrogen and oxygen atoms in total. The highest BCUT2D eigenvalue weighted by molar-refractivity contribution is 7.92. The van der Waals surface area contributed by atoms with Crippen molar-refractivity contribution < 1.29 is 17.9 Å². The number of likely N-dealkylation sites (tertiary alicyclic amines) is 1. The molecule has 1 heterocycles. The fourth-order valence-electron chi connectivity index (χ4n) is 3.30. The molecule has 0 unspecified atom stereocenters. The molecule has 2 aromatic carbocycles. The first-order chi connectivity index (χ1) is 13.7. The average Bonchev–Trinajstić information content (AvgIpc) is 2.66. The zero-order valence-electron chi connectivity index (χ0n) is 16.9. The number of carbonyl (C=O) groups excluding carboxylic acids is 1. The molecule has 0 saturated carbocycles. The van der Waals surface area contributed by atoms with Crippen LogP contribution in [-0.2, 0) is 10.0 Å². The Hall–Kier alpha value is -2.58. The summed E-state index contributed by atoms with van der Waals surface area (Å²) in [5, 5.41) is 2.85.